The molecule has 3 nitrogen and oxygen atoms in total. The molecule has 0 aromatic rings. The standard InChI is InChI=1S/C17H32N2O/c1-7-15(3)13-16(8-2)9-10-17(18-4)14-19(5)11-12-20-6/h7-8,13,17-18H,1,9-12,14H2,2-6H3/b15-13-,16-8-. The van der Waals surface area contributed by atoms with E-state index < -0.39 is 0 Å². The maximum absolute atomic E-state index is 5.11. The van der Waals surface area contributed by atoms with Crippen LogP contribution in [-0.2, 0) is 4.74 Å². The van der Waals surface area contributed by atoms with Crippen molar-refractivity contribution in [2.24, 2.45) is 0 Å². The Balaban J connectivity index is 4.26. The number of nitrogens with zero attached hydrogens (tertiary/aromatic N) is 1. The van der Waals surface area contributed by atoms with Crippen molar-refractivity contribution in [1.82, 2.24) is 10.2 Å². The first-order valence-corrected chi connectivity index (χ1v) is 7.38. The Morgan fingerprint density at radius 1 is 1.45 bits per heavy atom. The Bertz CT molecular complexity index is 321. The molecule has 0 rings (SSSR count). The lowest BCUT2D eigenvalue weighted by Crippen LogP contribution is -2.38. The molecule has 0 aromatic carbocycles. The Hall–Kier alpha value is -0.900. The van der Waals surface area contributed by atoms with Crippen LogP contribution in [0.25, 0.3) is 0 Å². The summed E-state index contributed by atoms with van der Waals surface area (Å²) >= 11 is 0. The van der Waals surface area contributed by atoms with Gasteiger partial charge in [0.2, 0.25) is 0 Å². The van der Waals surface area contributed by atoms with Crippen molar-refractivity contribution >= 4 is 0 Å². The minimum absolute atomic E-state index is 0.504. The third-order valence-corrected chi connectivity index (χ3v) is 3.50. The molecule has 0 spiro atoms. The van der Waals surface area contributed by atoms with Gasteiger partial charge < -0.3 is 15.0 Å². The van der Waals surface area contributed by atoms with E-state index in [4.69, 9.17) is 4.74 Å². The quantitative estimate of drug-likeness (QED) is 0.589. The number of hydrogen-bond acceptors (Lipinski definition) is 3. The molecule has 0 saturated heterocycles. The first-order chi connectivity index (χ1) is 9.57. The molecular weight excluding hydrogens is 248 g/mol. The van der Waals surface area contributed by atoms with Gasteiger partial charge in [0, 0.05) is 26.2 Å². The highest BCUT2D eigenvalue weighted by Gasteiger charge is 2.09. The van der Waals surface area contributed by atoms with E-state index in [1.807, 2.05) is 13.1 Å². The van der Waals surface area contributed by atoms with Crippen LogP contribution in [0.5, 0.6) is 0 Å². The Labute approximate surface area is 125 Å². The van der Waals surface area contributed by atoms with Gasteiger partial charge >= 0.3 is 0 Å². The molecule has 20 heavy (non-hydrogen) atoms. The van der Waals surface area contributed by atoms with Crippen molar-refractivity contribution in [2.75, 3.05) is 40.9 Å². The zero-order valence-corrected chi connectivity index (χ0v) is 13.9. The van der Waals surface area contributed by atoms with Crippen molar-refractivity contribution in [3.63, 3.8) is 0 Å². The molecule has 1 unspecified atom stereocenters. The largest absolute Gasteiger partial charge is 0.383 e. The minimum Gasteiger partial charge on any atom is -0.383 e. The molecule has 1 atom stereocenters. The molecule has 0 amide bonds. The fourth-order valence-corrected chi connectivity index (χ4v) is 2.03. The Morgan fingerprint density at radius 2 is 2.15 bits per heavy atom. The molecule has 0 radical (unpaired) electrons. The van der Waals surface area contributed by atoms with Gasteiger partial charge in [0.1, 0.15) is 0 Å². The average Bonchev–Trinajstić information content (AvgIpc) is 2.47. The lowest BCUT2D eigenvalue weighted by atomic mass is 10.0. The summed E-state index contributed by atoms with van der Waals surface area (Å²) in [7, 11) is 5.92. The lowest BCUT2D eigenvalue weighted by molar-refractivity contribution is 0.155. The number of hydrogen-bond donors (Lipinski definition) is 1. The highest BCUT2D eigenvalue weighted by atomic mass is 16.5. The first kappa shape index (κ1) is 19.1. The average molecular weight is 280 g/mol. The summed E-state index contributed by atoms with van der Waals surface area (Å²) in [5.74, 6) is 0. The summed E-state index contributed by atoms with van der Waals surface area (Å²) in [6.07, 6.45) is 8.53. The smallest absolute Gasteiger partial charge is 0.0589 e. The van der Waals surface area contributed by atoms with Crippen molar-refractivity contribution < 1.29 is 4.74 Å². The van der Waals surface area contributed by atoms with Gasteiger partial charge in [-0.2, -0.15) is 0 Å². The summed E-state index contributed by atoms with van der Waals surface area (Å²) in [5.41, 5.74) is 2.60. The summed E-state index contributed by atoms with van der Waals surface area (Å²) in [5, 5.41) is 3.41. The normalized spacial score (nSPS) is 14.7. The number of allylic oxidation sites excluding steroid dienone is 5. The fourth-order valence-electron chi connectivity index (χ4n) is 2.03. The first-order valence-electron chi connectivity index (χ1n) is 7.38. The molecule has 0 bridgehead atoms. The SMILES string of the molecule is C=C/C(C)=C\C(=C/C)CCC(CN(C)CCOC)NC. The molecule has 0 aromatic heterocycles. The van der Waals surface area contributed by atoms with Gasteiger partial charge in [-0.25, -0.2) is 0 Å². The molecular formula is C17H32N2O. The predicted molar refractivity (Wildman–Crippen MR) is 89.2 cm³/mol. The van der Waals surface area contributed by atoms with Gasteiger partial charge in [0.05, 0.1) is 6.61 Å². The van der Waals surface area contributed by atoms with Crippen LogP contribution in [0.3, 0.4) is 0 Å². The molecule has 0 aliphatic rings. The Morgan fingerprint density at radius 3 is 2.65 bits per heavy atom. The lowest BCUT2D eigenvalue weighted by Gasteiger charge is -2.23. The second-order valence-corrected chi connectivity index (χ2v) is 5.24. The van der Waals surface area contributed by atoms with E-state index in [2.05, 4.69) is 49.8 Å². The van der Waals surface area contributed by atoms with Crippen LogP contribution in [0.15, 0.2) is 36.0 Å². The zero-order valence-electron chi connectivity index (χ0n) is 13.9. The van der Waals surface area contributed by atoms with E-state index in [1.54, 1.807) is 7.11 Å². The van der Waals surface area contributed by atoms with Crippen molar-refractivity contribution in [3.05, 3.63) is 36.0 Å². The van der Waals surface area contributed by atoms with Crippen LogP contribution in [-0.4, -0.2) is 51.8 Å². The van der Waals surface area contributed by atoms with Crippen molar-refractivity contribution in [2.45, 2.75) is 32.7 Å². The fraction of sp³-hybridized carbons (Fsp3) is 0.647. The molecule has 0 saturated carbocycles. The van der Waals surface area contributed by atoms with Crippen molar-refractivity contribution in [3.8, 4) is 0 Å². The van der Waals surface area contributed by atoms with Gasteiger partial charge in [0.25, 0.3) is 0 Å². The minimum atomic E-state index is 0.504. The van der Waals surface area contributed by atoms with E-state index in [0.29, 0.717) is 6.04 Å². The van der Waals surface area contributed by atoms with Gasteiger partial charge in [0.15, 0.2) is 0 Å². The number of methoxy groups -OCH3 is 1. The molecule has 3 heteroatoms. The molecule has 0 aliphatic carbocycles. The number of likely N-dealkylation sites (N-methyl/N-ethyl adjacent to an activating group) is 2. The third kappa shape index (κ3) is 9.08. The summed E-state index contributed by atoms with van der Waals surface area (Å²) in [4.78, 5) is 2.31. The summed E-state index contributed by atoms with van der Waals surface area (Å²) in [6, 6.07) is 0.504. The second kappa shape index (κ2) is 11.9. The van der Waals surface area contributed by atoms with Gasteiger partial charge in [-0.15, -0.1) is 0 Å². The van der Waals surface area contributed by atoms with Crippen LogP contribution < -0.4 is 5.32 Å². The zero-order chi connectivity index (χ0) is 15.4. The number of nitrogens with one attached hydrogen (secondary N) is 1. The molecule has 116 valence electrons. The van der Waals surface area contributed by atoms with E-state index >= 15 is 0 Å². The Kier molecular flexibility index (Phi) is 11.4. The van der Waals surface area contributed by atoms with Gasteiger partial charge in [-0.1, -0.05) is 36.0 Å². The highest BCUT2D eigenvalue weighted by Crippen LogP contribution is 2.12. The summed E-state index contributed by atoms with van der Waals surface area (Å²) in [6.45, 7) is 10.8. The molecule has 1 N–H and O–H groups in total. The summed E-state index contributed by atoms with van der Waals surface area (Å²) < 4.78 is 5.11. The maximum atomic E-state index is 5.11. The van der Waals surface area contributed by atoms with E-state index in [0.717, 1.165) is 32.5 Å². The van der Waals surface area contributed by atoms with E-state index in [1.165, 1.54) is 11.1 Å². The third-order valence-electron chi connectivity index (χ3n) is 3.50. The van der Waals surface area contributed by atoms with E-state index in [-0.39, 0.29) is 0 Å². The second-order valence-electron chi connectivity index (χ2n) is 5.24. The van der Waals surface area contributed by atoms with Crippen LogP contribution >= 0.6 is 0 Å². The van der Waals surface area contributed by atoms with Gasteiger partial charge in [-0.3, -0.25) is 0 Å². The van der Waals surface area contributed by atoms with Crippen LogP contribution in [0, 0.1) is 0 Å². The van der Waals surface area contributed by atoms with Crippen LogP contribution in [0.4, 0.5) is 0 Å². The number of ether oxygens (including phenoxy) is 1. The monoisotopic (exact) mass is 280 g/mol. The highest BCUT2D eigenvalue weighted by molar-refractivity contribution is 5.27. The molecule has 0 fully saturated rings. The predicted octanol–water partition coefficient (Wildman–Crippen LogP) is 3.01. The van der Waals surface area contributed by atoms with Crippen LogP contribution in [0.1, 0.15) is 26.7 Å². The topological polar surface area (TPSA) is 24.5 Å². The van der Waals surface area contributed by atoms with Crippen LogP contribution in [0.2, 0.25) is 0 Å². The number of rotatable bonds is 11. The maximum Gasteiger partial charge on any atom is 0.0589 e. The molecule has 0 heterocycles. The van der Waals surface area contributed by atoms with Gasteiger partial charge in [-0.05, 0) is 40.8 Å². The van der Waals surface area contributed by atoms with Crippen molar-refractivity contribution in [1.29, 1.82) is 0 Å². The molecule has 0 aliphatic heterocycles. The van der Waals surface area contributed by atoms with E-state index in [9.17, 15) is 0 Å².